The van der Waals surface area contributed by atoms with Crippen LogP contribution in [0.4, 0.5) is 34.1 Å². The van der Waals surface area contributed by atoms with Gasteiger partial charge in [0.1, 0.15) is 0 Å². The van der Waals surface area contributed by atoms with E-state index in [9.17, 15) is 0 Å². The van der Waals surface area contributed by atoms with Crippen molar-refractivity contribution >= 4 is 67.9 Å². The SMILES string of the molecule is Cc1ccc(N2c3cccc4c3B(c3cc5c(cc3N4c3ccccc3)-c3ccccc3C53c4ccccc4-c4ccccc43)c3sc4c(c32)-c2ccc(C(C)C)cc2C42c3ccccc3-c3ccccc32)cc1. The lowest BCUT2D eigenvalue weighted by atomic mass is 9.36. The minimum atomic E-state index is -0.493. The molecule has 0 radical (unpaired) electrons. The molecule has 346 valence electrons. The average Bonchev–Trinajstić information content (AvgIpc) is 4.23. The first kappa shape index (κ1) is 41.1. The van der Waals surface area contributed by atoms with Crippen molar-refractivity contribution in [1.29, 1.82) is 0 Å². The zero-order valence-electron chi connectivity index (χ0n) is 41.3. The first-order valence-corrected chi connectivity index (χ1v) is 27.1. The first-order chi connectivity index (χ1) is 36.5. The summed E-state index contributed by atoms with van der Waals surface area (Å²) in [5.41, 5.74) is 32.0. The van der Waals surface area contributed by atoms with Crippen molar-refractivity contribution in [2.24, 2.45) is 0 Å². The van der Waals surface area contributed by atoms with Crippen LogP contribution in [0.1, 0.15) is 74.7 Å². The Balaban J connectivity index is 1.03. The molecule has 4 heteroatoms. The van der Waals surface area contributed by atoms with Gasteiger partial charge in [-0.05, 0) is 150 Å². The van der Waals surface area contributed by atoms with Crippen LogP contribution in [0.15, 0.2) is 224 Å². The number of rotatable bonds is 3. The van der Waals surface area contributed by atoms with Gasteiger partial charge in [0, 0.05) is 43.7 Å². The predicted octanol–water partition coefficient (Wildman–Crippen LogP) is 15.9. The normalized spacial score (nSPS) is 15.2. The average molecular weight is 959 g/mol. The minimum absolute atomic E-state index is 0.0660. The molecule has 0 N–H and O–H groups in total. The van der Waals surface area contributed by atoms with Gasteiger partial charge in [-0.2, -0.15) is 0 Å². The molecule has 0 saturated heterocycles. The molecule has 4 aliphatic carbocycles. The summed E-state index contributed by atoms with van der Waals surface area (Å²) in [4.78, 5) is 6.67. The predicted molar refractivity (Wildman–Crippen MR) is 310 cm³/mol. The van der Waals surface area contributed by atoms with Crippen LogP contribution >= 0.6 is 11.3 Å². The molecule has 0 atom stereocenters. The lowest BCUT2D eigenvalue weighted by Crippen LogP contribution is -2.60. The number of aryl methyl sites for hydroxylation is 1. The van der Waals surface area contributed by atoms with Gasteiger partial charge in [0.15, 0.2) is 0 Å². The molecular formula is C70H47BN2S. The number of anilines is 6. The van der Waals surface area contributed by atoms with Crippen LogP contribution in [-0.4, -0.2) is 6.71 Å². The molecule has 0 fully saturated rings. The molecule has 3 heterocycles. The van der Waals surface area contributed by atoms with Crippen LogP contribution in [0.3, 0.4) is 0 Å². The number of nitrogens with zero attached hydrogens (tertiary/aromatic N) is 2. The second kappa shape index (κ2) is 14.4. The van der Waals surface area contributed by atoms with Crippen molar-refractivity contribution in [3.05, 3.63) is 279 Å². The lowest BCUT2D eigenvalue weighted by molar-refractivity contribution is 0.794. The third-order valence-corrected chi connectivity index (χ3v) is 19.3. The molecule has 11 aromatic rings. The highest BCUT2D eigenvalue weighted by atomic mass is 32.1. The zero-order valence-corrected chi connectivity index (χ0v) is 42.1. The lowest BCUT2D eigenvalue weighted by Gasteiger charge is -2.44. The molecule has 2 nitrogen and oxygen atoms in total. The Bertz CT molecular complexity index is 4180. The van der Waals surface area contributed by atoms with E-state index in [0.29, 0.717) is 5.92 Å². The summed E-state index contributed by atoms with van der Waals surface area (Å²) in [6.45, 7) is 6.82. The molecule has 6 aliphatic rings. The second-order valence-electron chi connectivity index (χ2n) is 21.6. The summed E-state index contributed by atoms with van der Waals surface area (Å²) in [6.07, 6.45) is 0. The topological polar surface area (TPSA) is 6.48 Å². The van der Waals surface area contributed by atoms with Gasteiger partial charge in [-0.1, -0.05) is 201 Å². The fourth-order valence-corrected chi connectivity index (χ4v) is 16.7. The van der Waals surface area contributed by atoms with Gasteiger partial charge in [0.25, 0.3) is 6.71 Å². The fraction of sp³-hybridized carbons (Fsp3) is 0.0857. The highest BCUT2D eigenvalue weighted by molar-refractivity contribution is 7.30. The Morgan fingerprint density at radius 2 is 0.905 bits per heavy atom. The molecule has 0 saturated carbocycles. The Labute approximate surface area is 436 Å². The summed E-state index contributed by atoms with van der Waals surface area (Å²) < 4.78 is 1.40. The standard InChI is InChI=1S/C70H47BN2S/c1-41(2)43-34-37-51-58(38-43)70(56-28-15-9-22-48(56)49-23-10-16-29-57(49)70)67-64(51)66-68(74-67)71-60-40-59-52(50-24-11-14-27-55(50)69(59)53-25-12-7-20-46(53)47-21-8-13-26-54(47)69)39-63(60)72(44-18-5-4-6-19-44)61-30-17-31-62(65(61)71)73(66)45-35-32-42(3)33-36-45/h4-41H,1-3H3. The minimum Gasteiger partial charge on any atom is -0.311 e. The maximum absolute atomic E-state index is 2.69. The number of hydrogen-bond acceptors (Lipinski definition) is 3. The van der Waals surface area contributed by atoms with E-state index in [1.165, 1.54) is 144 Å². The molecule has 17 rings (SSSR count). The van der Waals surface area contributed by atoms with Gasteiger partial charge in [-0.3, -0.25) is 0 Å². The van der Waals surface area contributed by atoms with Crippen molar-refractivity contribution < 1.29 is 0 Å². The van der Waals surface area contributed by atoms with E-state index in [4.69, 9.17) is 0 Å². The van der Waals surface area contributed by atoms with E-state index >= 15 is 0 Å². The molecule has 2 spiro atoms. The van der Waals surface area contributed by atoms with Gasteiger partial charge in [0.2, 0.25) is 0 Å². The van der Waals surface area contributed by atoms with Crippen molar-refractivity contribution in [2.75, 3.05) is 9.80 Å². The van der Waals surface area contributed by atoms with E-state index < -0.39 is 10.8 Å². The van der Waals surface area contributed by atoms with Crippen LogP contribution in [0.25, 0.3) is 44.5 Å². The van der Waals surface area contributed by atoms with Gasteiger partial charge < -0.3 is 9.80 Å². The summed E-state index contributed by atoms with van der Waals surface area (Å²) in [7, 11) is 0. The Hall–Kier alpha value is -8.44. The van der Waals surface area contributed by atoms with Crippen molar-refractivity contribution in [3.63, 3.8) is 0 Å². The largest absolute Gasteiger partial charge is 0.311 e. The molecule has 10 aromatic carbocycles. The smallest absolute Gasteiger partial charge is 0.264 e. The van der Waals surface area contributed by atoms with Crippen LogP contribution < -0.4 is 25.5 Å². The van der Waals surface area contributed by atoms with E-state index in [-0.39, 0.29) is 6.71 Å². The summed E-state index contributed by atoms with van der Waals surface area (Å²) in [5, 5.41) is 0. The van der Waals surface area contributed by atoms with Gasteiger partial charge in [0.05, 0.1) is 16.5 Å². The van der Waals surface area contributed by atoms with Crippen molar-refractivity contribution in [1.82, 2.24) is 0 Å². The van der Waals surface area contributed by atoms with Gasteiger partial charge in [-0.15, -0.1) is 11.3 Å². The maximum Gasteiger partial charge on any atom is 0.264 e. The third-order valence-electron chi connectivity index (χ3n) is 17.9. The number of fused-ring (bicyclic) bond motifs is 25. The second-order valence-corrected chi connectivity index (χ2v) is 22.7. The van der Waals surface area contributed by atoms with E-state index in [1.54, 1.807) is 0 Å². The van der Waals surface area contributed by atoms with Gasteiger partial charge in [-0.25, -0.2) is 0 Å². The van der Waals surface area contributed by atoms with Crippen molar-refractivity contribution in [2.45, 2.75) is 37.5 Å². The highest BCUT2D eigenvalue weighted by Crippen LogP contribution is 2.68. The van der Waals surface area contributed by atoms with Gasteiger partial charge >= 0.3 is 0 Å². The first-order valence-electron chi connectivity index (χ1n) is 26.3. The number of thiophene rings is 1. The van der Waals surface area contributed by atoms with Crippen molar-refractivity contribution in [3.8, 4) is 44.5 Å². The Morgan fingerprint density at radius 1 is 0.405 bits per heavy atom. The van der Waals surface area contributed by atoms with E-state index in [1.807, 2.05) is 0 Å². The Kier molecular flexibility index (Phi) is 8.00. The maximum atomic E-state index is 2.69. The van der Waals surface area contributed by atoms with Crippen LogP contribution in [0.2, 0.25) is 0 Å². The van der Waals surface area contributed by atoms with Crippen LogP contribution in [0.5, 0.6) is 0 Å². The number of benzene rings is 10. The van der Waals surface area contributed by atoms with E-state index in [0.717, 1.165) is 5.69 Å². The monoisotopic (exact) mass is 958 g/mol. The molecular weight excluding hydrogens is 912 g/mol. The molecule has 0 amide bonds. The zero-order chi connectivity index (χ0) is 48.8. The molecule has 74 heavy (non-hydrogen) atoms. The molecule has 1 aromatic heterocycles. The summed E-state index contributed by atoms with van der Waals surface area (Å²) in [6, 6.07) is 86.6. The van der Waals surface area contributed by atoms with Crippen LogP contribution in [0, 0.1) is 6.92 Å². The number of para-hydroxylation sites is 1. The molecule has 0 bridgehead atoms. The quantitative estimate of drug-likeness (QED) is 0.163. The highest BCUT2D eigenvalue weighted by Gasteiger charge is 2.58. The summed E-state index contributed by atoms with van der Waals surface area (Å²) in [5.74, 6) is 0.382. The molecule has 2 aliphatic heterocycles. The van der Waals surface area contributed by atoms with Crippen LogP contribution in [-0.2, 0) is 10.8 Å². The molecule has 0 unspecified atom stereocenters. The van der Waals surface area contributed by atoms with E-state index in [2.05, 4.69) is 266 Å². The number of hydrogen-bond donors (Lipinski definition) is 0. The summed E-state index contributed by atoms with van der Waals surface area (Å²) >= 11 is 2.08. The third kappa shape index (κ3) is 4.80. The fourth-order valence-electron chi connectivity index (χ4n) is 15.0. The Morgan fingerprint density at radius 3 is 1.49 bits per heavy atom.